The fourth-order valence-corrected chi connectivity index (χ4v) is 2.47. The molecule has 34 heavy (non-hydrogen) atoms. The first-order valence-electron chi connectivity index (χ1n) is 11.5. The van der Waals surface area contributed by atoms with Crippen molar-refractivity contribution in [2.24, 2.45) is 16.2 Å². The summed E-state index contributed by atoms with van der Waals surface area (Å²) in [5.41, 5.74) is 6.29. The Morgan fingerprint density at radius 3 is 1.18 bits per heavy atom. The van der Waals surface area contributed by atoms with Crippen LogP contribution in [0.3, 0.4) is 0 Å². The number of carbonyl (C=O) groups is 3. The Hall–Kier alpha value is -1.53. The van der Waals surface area contributed by atoms with Gasteiger partial charge in [-0.3, -0.25) is 14.4 Å². The number of carboxylic acids is 3. The number of carboxylic acid groups (broad SMARTS) is 3. The first-order chi connectivity index (χ1) is 14.5. The van der Waals surface area contributed by atoms with Gasteiger partial charge < -0.3 is 15.3 Å². The van der Waals surface area contributed by atoms with E-state index in [4.69, 9.17) is 15.3 Å². The topological polar surface area (TPSA) is 112 Å². The minimum Gasteiger partial charge on any atom is -0.481 e. The fraction of sp³-hybridized carbons (Fsp3) is 0.704. The Bertz CT molecular complexity index is 712. The number of aliphatic carboxylic acids is 3. The third-order valence-corrected chi connectivity index (χ3v) is 5.42. The molecule has 6 nitrogen and oxygen atoms in total. The van der Waals surface area contributed by atoms with Gasteiger partial charge in [0.25, 0.3) is 0 Å². The van der Waals surface area contributed by atoms with Crippen LogP contribution in [-0.2, 0) is 48.9 Å². The summed E-state index contributed by atoms with van der Waals surface area (Å²) in [6.07, 6.45) is 5.46. The van der Waals surface area contributed by atoms with Crippen molar-refractivity contribution in [3.05, 3.63) is 27.8 Å². The van der Waals surface area contributed by atoms with Gasteiger partial charge in [0, 0.05) is 21.7 Å². The second kappa shape index (κ2) is 14.8. The first-order valence-corrected chi connectivity index (χ1v) is 11.5. The zero-order valence-corrected chi connectivity index (χ0v) is 25.0. The molecule has 7 heteroatoms. The molecule has 0 atom stereocenters. The van der Waals surface area contributed by atoms with E-state index in [1.165, 1.54) is 25.7 Å². The summed E-state index contributed by atoms with van der Waals surface area (Å²) in [5, 5.41) is 24.8. The molecule has 2 rings (SSSR count). The Balaban J connectivity index is -0.000000390. The zero-order valence-electron chi connectivity index (χ0n) is 23.4. The van der Waals surface area contributed by atoms with Crippen molar-refractivity contribution < 1.29 is 51.4 Å². The third-order valence-electron chi connectivity index (χ3n) is 5.42. The first kappa shape index (κ1) is 37.0. The molecule has 0 bridgehead atoms. The summed E-state index contributed by atoms with van der Waals surface area (Å²) < 4.78 is 0. The van der Waals surface area contributed by atoms with Crippen LogP contribution in [0.5, 0.6) is 0 Å². The van der Waals surface area contributed by atoms with Crippen molar-refractivity contribution in [3.63, 3.8) is 0 Å². The van der Waals surface area contributed by atoms with Crippen molar-refractivity contribution in [1.29, 1.82) is 0 Å². The molecule has 0 unspecified atom stereocenters. The SMILES string of the molecule is CC(C)(C)C(=O)O.CC(C)(C)C(=O)O.CC(C)(C)C(=O)O.Cc1c2c([c-](C)c1C)CCCC2.[Ti]. The number of rotatable bonds is 0. The Labute approximate surface area is 221 Å². The largest absolute Gasteiger partial charge is 0.481 e. The molecule has 3 N–H and O–H groups in total. The van der Waals surface area contributed by atoms with E-state index in [0.29, 0.717) is 0 Å². The second-order valence-corrected chi connectivity index (χ2v) is 11.7. The van der Waals surface area contributed by atoms with E-state index in [2.05, 4.69) is 20.8 Å². The number of fused-ring (bicyclic) bond motifs is 1. The molecular weight excluding hydrogens is 468 g/mol. The maximum Gasteiger partial charge on any atom is 0.308 e. The van der Waals surface area contributed by atoms with E-state index >= 15 is 0 Å². The van der Waals surface area contributed by atoms with Crippen molar-refractivity contribution in [1.82, 2.24) is 0 Å². The minimum absolute atomic E-state index is 0. The molecule has 0 aliphatic heterocycles. The van der Waals surface area contributed by atoms with Crippen LogP contribution in [0.15, 0.2) is 0 Å². The molecule has 0 radical (unpaired) electrons. The van der Waals surface area contributed by atoms with E-state index in [1.54, 1.807) is 90.1 Å². The van der Waals surface area contributed by atoms with Crippen LogP contribution in [0, 0.1) is 37.0 Å². The van der Waals surface area contributed by atoms with Crippen LogP contribution in [0.2, 0.25) is 0 Å². The van der Waals surface area contributed by atoms with E-state index in [-0.39, 0.29) is 21.7 Å². The predicted molar refractivity (Wildman–Crippen MR) is 134 cm³/mol. The zero-order chi connectivity index (χ0) is 26.9. The number of hydrogen-bond donors (Lipinski definition) is 3. The van der Waals surface area contributed by atoms with Gasteiger partial charge in [-0.05, 0) is 62.3 Å². The maximum atomic E-state index is 10.0. The molecule has 0 fully saturated rings. The van der Waals surface area contributed by atoms with Gasteiger partial charge in [-0.1, -0.05) is 46.5 Å². The van der Waals surface area contributed by atoms with E-state index in [1.807, 2.05) is 0 Å². The fourth-order valence-electron chi connectivity index (χ4n) is 2.47. The molecule has 0 spiro atoms. The van der Waals surface area contributed by atoms with Gasteiger partial charge >= 0.3 is 17.9 Å². The molecule has 0 saturated heterocycles. The molecule has 1 aliphatic carbocycles. The second-order valence-electron chi connectivity index (χ2n) is 11.7. The monoisotopic (exact) mass is 515 g/mol. The average Bonchev–Trinajstić information content (AvgIpc) is 2.86. The van der Waals surface area contributed by atoms with E-state index in [9.17, 15) is 14.4 Å². The van der Waals surface area contributed by atoms with E-state index < -0.39 is 34.2 Å². The molecule has 0 saturated carbocycles. The van der Waals surface area contributed by atoms with Gasteiger partial charge in [0.1, 0.15) is 0 Å². The average molecular weight is 516 g/mol. The third kappa shape index (κ3) is 14.0. The van der Waals surface area contributed by atoms with Crippen molar-refractivity contribution >= 4 is 17.9 Å². The number of hydrogen-bond acceptors (Lipinski definition) is 3. The van der Waals surface area contributed by atoms with Crippen LogP contribution in [0.4, 0.5) is 0 Å². The Kier molecular flexibility index (Phi) is 16.1. The van der Waals surface area contributed by atoms with E-state index in [0.717, 1.165) is 0 Å². The van der Waals surface area contributed by atoms with Gasteiger partial charge in [-0.25, -0.2) is 0 Å². The summed E-state index contributed by atoms with van der Waals surface area (Å²) in [7, 11) is 0. The van der Waals surface area contributed by atoms with Gasteiger partial charge in [-0.2, -0.15) is 27.8 Å². The van der Waals surface area contributed by atoms with Crippen molar-refractivity contribution in [3.8, 4) is 0 Å². The smallest absolute Gasteiger partial charge is 0.308 e. The normalized spacial score (nSPS) is 12.7. The summed E-state index contributed by atoms with van der Waals surface area (Å²) in [5.74, 6) is -2.27. The van der Waals surface area contributed by atoms with Gasteiger partial charge in [0.2, 0.25) is 0 Å². The molecule has 0 heterocycles. The van der Waals surface area contributed by atoms with Crippen LogP contribution < -0.4 is 0 Å². The summed E-state index contributed by atoms with van der Waals surface area (Å²) in [6, 6.07) is 0. The Morgan fingerprint density at radius 2 is 0.941 bits per heavy atom. The van der Waals surface area contributed by atoms with Crippen molar-refractivity contribution in [2.75, 3.05) is 0 Å². The molecule has 196 valence electrons. The molecular formula is C27H47O6Ti-. The molecule has 0 aromatic heterocycles. The summed E-state index contributed by atoms with van der Waals surface area (Å²) in [4.78, 5) is 30.1. The van der Waals surface area contributed by atoms with Crippen molar-refractivity contribution in [2.45, 2.75) is 109 Å². The molecule has 1 aromatic rings. The quantitative estimate of drug-likeness (QED) is 0.267. The molecule has 0 amide bonds. The van der Waals surface area contributed by atoms with Crippen LogP contribution in [0.1, 0.15) is 103 Å². The van der Waals surface area contributed by atoms with Crippen LogP contribution >= 0.6 is 0 Å². The van der Waals surface area contributed by atoms with Gasteiger partial charge in [0.05, 0.1) is 16.2 Å². The predicted octanol–water partition coefficient (Wildman–Crippen LogP) is 6.56. The van der Waals surface area contributed by atoms with Gasteiger partial charge in [0.15, 0.2) is 0 Å². The Morgan fingerprint density at radius 1 is 0.676 bits per heavy atom. The standard InChI is InChI=1S/C12H17.3C5H10O2.Ti/c1-8-9(2)11-6-4-5-7-12(11)10(8)3;3*1-5(2,3)4(6)7;/h4-7H2,1-3H3;3*1-3H3,(H,6,7);/q-1;;;;. The van der Waals surface area contributed by atoms with Crippen LogP contribution in [-0.4, -0.2) is 33.2 Å². The summed E-state index contributed by atoms with van der Waals surface area (Å²) >= 11 is 0. The maximum absolute atomic E-state index is 10.0. The molecule has 1 aromatic carbocycles. The van der Waals surface area contributed by atoms with Crippen LogP contribution in [0.25, 0.3) is 0 Å². The summed E-state index contributed by atoms with van der Waals surface area (Å²) in [6.45, 7) is 21.8. The molecule has 1 aliphatic rings. The van der Waals surface area contributed by atoms with Gasteiger partial charge in [-0.15, -0.1) is 0 Å². The minimum atomic E-state index is -0.757.